The lowest BCUT2D eigenvalue weighted by molar-refractivity contribution is 0.195. The Balaban J connectivity index is 1.20. The van der Waals surface area contributed by atoms with E-state index in [0.29, 0.717) is 5.92 Å². The molecular formula is C72H78BN3O. The van der Waals surface area contributed by atoms with E-state index in [-0.39, 0.29) is 39.3 Å². The van der Waals surface area contributed by atoms with Crippen molar-refractivity contribution in [2.45, 2.75) is 156 Å². The van der Waals surface area contributed by atoms with Crippen molar-refractivity contribution in [3.63, 3.8) is 0 Å². The molecule has 7 aromatic carbocycles. The van der Waals surface area contributed by atoms with Gasteiger partial charge in [-0.2, -0.15) is 0 Å². The van der Waals surface area contributed by atoms with E-state index in [1.54, 1.807) is 0 Å². The standard InChI is InChI=1S/C72H78BN3O/c1-67(2,3)46-26-31-50(32-27-46)74(51-33-28-47(29-34-51)68(4,5)6)52-43-59-64-60(44-52)76-66-55(71(13)38-20-21-39-72(71,76)14)41-49(70(10,11)12)42-56(66)73(64)65-58(36-37-62-63(65)53-24-18-19-25-61(53)77-62)75(59)57-35-30-48(69(7,8)9)40-54(57)45-22-16-15-17-23-45/h15-19,22-28,30-37,40-44,47H,20-21,29,38-39H2,1-14H3. The third-order valence-corrected chi connectivity index (χ3v) is 19.3. The molecule has 1 aromatic heterocycles. The van der Waals surface area contributed by atoms with Crippen molar-refractivity contribution in [2.75, 3.05) is 14.7 Å². The number of rotatable bonds is 5. The van der Waals surface area contributed by atoms with Gasteiger partial charge in [0.05, 0.1) is 16.9 Å². The molecule has 8 aromatic rings. The number of allylic oxidation sites excluding steroid dienone is 3. The van der Waals surface area contributed by atoms with Crippen LogP contribution in [-0.2, 0) is 21.7 Å². The highest BCUT2D eigenvalue weighted by Crippen LogP contribution is 2.63. The highest BCUT2D eigenvalue weighted by atomic mass is 16.3. The Morgan fingerprint density at radius 2 is 1.25 bits per heavy atom. The largest absolute Gasteiger partial charge is 0.456 e. The summed E-state index contributed by atoms with van der Waals surface area (Å²) in [7, 11) is 0. The van der Waals surface area contributed by atoms with Crippen molar-refractivity contribution < 1.29 is 4.42 Å². The van der Waals surface area contributed by atoms with E-state index in [1.165, 1.54) is 119 Å². The number of fused-ring (bicyclic) bond motifs is 11. The number of furan rings is 1. The van der Waals surface area contributed by atoms with Crippen molar-refractivity contribution in [3.05, 3.63) is 180 Å². The third kappa shape index (κ3) is 7.52. The van der Waals surface area contributed by atoms with Crippen molar-refractivity contribution in [1.82, 2.24) is 0 Å². The van der Waals surface area contributed by atoms with Gasteiger partial charge >= 0.3 is 0 Å². The summed E-state index contributed by atoms with van der Waals surface area (Å²) in [6, 6.07) is 51.8. The molecule has 13 rings (SSSR count). The van der Waals surface area contributed by atoms with E-state index >= 15 is 0 Å². The van der Waals surface area contributed by atoms with Gasteiger partial charge in [0.2, 0.25) is 0 Å². The molecule has 5 aliphatic rings. The van der Waals surface area contributed by atoms with Gasteiger partial charge in [-0.3, -0.25) is 0 Å². The molecule has 0 bridgehead atoms. The normalized spacial score (nSPS) is 20.8. The molecule has 77 heavy (non-hydrogen) atoms. The maximum absolute atomic E-state index is 6.94. The van der Waals surface area contributed by atoms with Crippen LogP contribution in [-0.4, -0.2) is 12.3 Å². The second-order valence-electron chi connectivity index (χ2n) is 28.2. The predicted octanol–water partition coefficient (Wildman–Crippen LogP) is 18.1. The van der Waals surface area contributed by atoms with Gasteiger partial charge < -0.3 is 19.1 Å². The topological polar surface area (TPSA) is 22.9 Å². The molecule has 3 atom stereocenters. The zero-order valence-electron chi connectivity index (χ0n) is 48.4. The lowest BCUT2D eigenvalue weighted by Gasteiger charge is -2.53. The van der Waals surface area contributed by atoms with Gasteiger partial charge in [-0.25, -0.2) is 0 Å². The maximum atomic E-state index is 6.94. The van der Waals surface area contributed by atoms with Gasteiger partial charge in [0.1, 0.15) is 11.2 Å². The van der Waals surface area contributed by atoms with Crippen molar-refractivity contribution >= 4 is 84.9 Å². The van der Waals surface area contributed by atoms with Gasteiger partial charge in [-0.15, -0.1) is 0 Å². The number of hydrogen-bond acceptors (Lipinski definition) is 4. The molecule has 0 radical (unpaired) electrons. The lowest BCUT2D eigenvalue weighted by Crippen LogP contribution is -2.64. The molecular weight excluding hydrogens is 934 g/mol. The molecule has 0 saturated heterocycles. The van der Waals surface area contributed by atoms with Crippen LogP contribution in [0.5, 0.6) is 0 Å². The molecule has 1 saturated carbocycles. The third-order valence-electron chi connectivity index (χ3n) is 19.3. The second kappa shape index (κ2) is 16.9. The second-order valence-corrected chi connectivity index (χ2v) is 28.2. The summed E-state index contributed by atoms with van der Waals surface area (Å²) in [5.41, 5.74) is 23.7. The van der Waals surface area contributed by atoms with Crippen LogP contribution in [0.1, 0.15) is 151 Å². The van der Waals surface area contributed by atoms with Crippen molar-refractivity contribution in [1.29, 1.82) is 0 Å². The van der Waals surface area contributed by atoms with E-state index in [0.717, 1.165) is 30.4 Å². The first-order valence-corrected chi connectivity index (χ1v) is 28.9. The maximum Gasteiger partial charge on any atom is 0.253 e. The summed E-state index contributed by atoms with van der Waals surface area (Å²) in [5.74, 6) is 0.443. The molecule has 4 heterocycles. The zero-order chi connectivity index (χ0) is 53.9. The van der Waals surface area contributed by atoms with E-state index in [9.17, 15) is 0 Å². The minimum Gasteiger partial charge on any atom is -0.456 e. The fourth-order valence-corrected chi connectivity index (χ4v) is 14.5. The molecule has 0 amide bonds. The zero-order valence-corrected chi connectivity index (χ0v) is 48.4. The first-order chi connectivity index (χ1) is 36.5. The molecule has 0 N–H and O–H groups in total. The van der Waals surface area contributed by atoms with Crippen LogP contribution in [0.25, 0.3) is 33.1 Å². The molecule has 1 fully saturated rings. The summed E-state index contributed by atoms with van der Waals surface area (Å²) < 4.78 is 6.94. The summed E-state index contributed by atoms with van der Waals surface area (Å²) in [6.07, 6.45) is 13.1. The smallest absolute Gasteiger partial charge is 0.253 e. The Bertz CT molecular complexity index is 3770. The van der Waals surface area contributed by atoms with Gasteiger partial charge in [0.15, 0.2) is 0 Å². The molecule has 3 unspecified atom stereocenters. The minimum atomic E-state index is -0.178. The Labute approximate surface area is 460 Å². The van der Waals surface area contributed by atoms with Crippen LogP contribution in [0, 0.1) is 11.3 Å². The Morgan fingerprint density at radius 1 is 0.584 bits per heavy atom. The first-order valence-electron chi connectivity index (χ1n) is 28.9. The van der Waals surface area contributed by atoms with Gasteiger partial charge in [-0.05, 0) is 159 Å². The van der Waals surface area contributed by atoms with Gasteiger partial charge in [0.25, 0.3) is 6.71 Å². The Hall–Kier alpha value is -6.72. The SMILES string of the molecule is CC(C)(C)c1ccc(N(C2=CCC(C(C)(C)C)C=C2)c2cc3c4c(c2)N2c5c(cc(C(C)(C)C)cc5C5(C)CCCCC25C)B4c2c(ccc4oc5ccccc5c24)N3c2ccc(C(C)(C)C)cc2-c2ccccc2)cc1. The number of para-hydroxylation sites is 1. The van der Waals surface area contributed by atoms with Gasteiger partial charge in [-0.1, -0.05) is 194 Å². The van der Waals surface area contributed by atoms with E-state index < -0.39 is 0 Å². The first kappa shape index (κ1) is 49.8. The predicted molar refractivity (Wildman–Crippen MR) is 331 cm³/mol. The van der Waals surface area contributed by atoms with Gasteiger partial charge in [0, 0.05) is 55.9 Å². The Kier molecular flexibility index (Phi) is 10.9. The lowest BCUT2D eigenvalue weighted by atomic mass is 9.32. The fraction of sp³-hybridized carbons (Fsp3) is 0.361. The summed E-state index contributed by atoms with van der Waals surface area (Å²) in [4.78, 5) is 8.19. The van der Waals surface area contributed by atoms with Crippen molar-refractivity contribution in [3.8, 4) is 11.1 Å². The molecule has 2 aliphatic carbocycles. The van der Waals surface area contributed by atoms with Crippen LogP contribution < -0.4 is 31.1 Å². The average Bonchev–Trinajstić information content (AvgIpc) is 4.03. The number of anilines is 7. The fourth-order valence-electron chi connectivity index (χ4n) is 14.5. The summed E-state index contributed by atoms with van der Waals surface area (Å²) in [6.45, 7) is 33.5. The van der Waals surface area contributed by atoms with E-state index in [4.69, 9.17) is 4.42 Å². The molecule has 0 spiro atoms. The average molecular weight is 1010 g/mol. The molecule has 3 aliphatic heterocycles. The number of hydrogen-bond donors (Lipinski definition) is 0. The number of nitrogens with zero attached hydrogens (tertiary/aromatic N) is 3. The Morgan fingerprint density at radius 3 is 1.94 bits per heavy atom. The minimum absolute atomic E-state index is 0.0206. The monoisotopic (exact) mass is 1010 g/mol. The molecule has 4 nitrogen and oxygen atoms in total. The van der Waals surface area contributed by atoms with Crippen molar-refractivity contribution in [2.24, 2.45) is 11.3 Å². The summed E-state index contributed by atoms with van der Waals surface area (Å²) >= 11 is 0. The van der Waals surface area contributed by atoms with Crippen LogP contribution in [0.2, 0.25) is 0 Å². The summed E-state index contributed by atoms with van der Waals surface area (Å²) in [5, 5.41) is 2.38. The van der Waals surface area contributed by atoms with E-state index in [1.807, 2.05) is 0 Å². The van der Waals surface area contributed by atoms with Crippen LogP contribution >= 0.6 is 0 Å². The van der Waals surface area contributed by atoms with Crippen LogP contribution in [0.4, 0.5) is 39.8 Å². The van der Waals surface area contributed by atoms with E-state index in [2.05, 4.69) is 263 Å². The van der Waals surface area contributed by atoms with Crippen LogP contribution in [0.3, 0.4) is 0 Å². The number of benzene rings is 7. The highest BCUT2D eigenvalue weighted by Gasteiger charge is 2.62. The molecule has 5 heteroatoms. The van der Waals surface area contributed by atoms with Crippen LogP contribution in [0.15, 0.2) is 162 Å². The molecule has 390 valence electrons. The highest BCUT2D eigenvalue weighted by molar-refractivity contribution is 7.02. The quantitative estimate of drug-likeness (QED) is 0.160.